The fourth-order valence-corrected chi connectivity index (χ4v) is 1.25. The van der Waals surface area contributed by atoms with Crippen LogP contribution in [-0.4, -0.2) is 11.6 Å². The van der Waals surface area contributed by atoms with Gasteiger partial charge in [0.15, 0.2) is 0 Å². The molecule has 0 aromatic carbocycles. The van der Waals surface area contributed by atoms with E-state index in [4.69, 9.17) is 0 Å². The molecule has 0 radical (unpaired) electrons. The molecule has 0 spiro atoms. The molecule has 0 N–H and O–H groups in total. The minimum atomic E-state index is -0.320. The summed E-state index contributed by atoms with van der Waals surface area (Å²) in [5.74, 6) is 0.494. The summed E-state index contributed by atoms with van der Waals surface area (Å²) in [5.41, 5.74) is -0.320. The summed E-state index contributed by atoms with van der Waals surface area (Å²) < 4.78 is 0. The molecule has 0 atom stereocenters. The largest absolute Gasteiger partial charge is 0.300 e. The van der Waals surface area contributed by atoms with Crippen molar-refractivity contribution in [2.24, 2.45) is 5.41 Å². The Hall–Kier alpha value is -0.660. The highest BCUT2D eigenvalue weighted by molar-refractivity contribution is 5.85. The van der Waals surface area contributed by atoms with Crippen LogP contribution in [0.15, 0.2) is 0 Å². The van der Waals surface area contributed by atoms with Gasteiger partial charge in [0.05, 0.1) is 0 Å². The second kappa shape index (κ2) is 5.15. The zero-order valence-electron chi connectivity index (χ0n) is 9.14. The molecule has 0 aliphatic carbocycles. The smallest absolute Gasteiger partial charge is 0.138 e. The Balaban J connectivity index is 4.03. The summed E-state index contributed by atoms with van der Waals surface area (Å²) in [4.78, 5) is 22.5. The molecule has 0 aliphatic heterocycles. The predicted molar refractivity (Wildman–Crippen MR) is 53.6 cm³/mol. The first-order valence-electron chi connectivity index (χ1n) is 4.99. The molecule has 0 heterocycles. The van der Waals surface area contributed by atoms with E-state index in [-0.39, 0.29) is 17.0 Å². The molecule has 0 aromatic rings. The van der Waals surface area contributed by atoms with Crippen molar-refractivity contribution in [1.29, 1.82) is 0 Å². The number of Topliss-reactive ketones (excluding diaryl/α,β-unsaturated/α-hetero) is 2. The molecule has 0 amide bonds. The molecule has 0 unspecified atom stereocenters. The Morgan fingerprint density at radius 1 is 1.08 bits per heavy atom. The van der Waals surface area contributed by atoms with Crippen molar-refractivity contribution >= 4 is 11.6 Å². The highest BCUT2D eigenvalue weighted by Crippen LogP contribution is 2.25. The fraction of sp³-hybridized carbons (Fsp3) is 0.818. The number of carbonyl (C=O) groups is 2. The quantitative estimate of drug-likeness (QED) is 0.636. The lowest BCUT2D eigenvalue weighted by molar-refractivity contribution is -0.127. The molecule has 0 aromatic heterocycles. The van der Waals surface area contributed by atoms with E-state index in [1.807, 2.05) is 27.7 Å². The standard InChI is InChI=1S/C11H20O2/c1-5-9(12)7-8-11(3,4)10(13)6-2/h5-8H2,1-4H3. The topological polar surface area (TPSA) is 34.1 Å². The Morgan fingerprint density at radius 2 is 1.62 bits per heavy atom. The molecule has 0 bridgehead atoms. The van der Waals surface area contributed by atoms with Crippen LogP contribution in [0.2, 0.25) is 0 Å². The van der Waals surface area contributed by atoms with Gasteiger partial charge in [0.2, 0.25) is 0 Å². The lowest BCUT2D eigenvalue weighted by atomic mass is 9.81. The average Bonchev–Trinajstić information content (AvgIpc) is 2.12. The zero-order valence-corrected chi connectivity index (χ0v) is 9.14. The van der Waals surface area contributed by atoms with Crippen molar-refractivity contribution in [3.8, 4) is 0 Å². The SMILES string of the molecule is CCC(=O)CCC(C)(C)C(=O)CC. The number of ketones is 2. The molecule has 76 valence electrons. The predicted octanol–water partition coefficient (Wildman–Crippen LogP) is 2.75. The molecule has 0 saturated heterocycles. The van der Waals surface area contributed by atoms with Gasteiger partial charge in [-0.05, 0) is 6.42 Å². The van der Waals surface area contributed by atoms with E-state index in [1.54, 1.807) is 0 Å². The second-order valence-electron chi connectivity index (χ2n) is 4.05. The van der Waals surface area contributed by atoms with Gasteiger partial charge in [0, 0.05) is 24.7 Å². The van der Waals surface area contributed by atoms with Gasteiger partial charge in [-0.3, -0.25) is 9.59 Å². The van der Waals surface area contributed by atoms with E-state index in [2.05, 4.69) is 0 Å². The maximum atomic E-state index is 11.4. The lowest BCUT2D eigenvalue weighted by Gasteiger charge is -2.21. The third-order valence-corrected chi connectivity index (χ3v) is 2.50. The zero-order chi connectivity index (χ0) is 10.5. The van der Waals surface area contributed by atoms with E-state index >= 15 is 0 Å². The van der Waals surface area contributed by atoms with Crippen molar-refractivity contribution in [3.63, 3.8) is 0 Å². The Labute approximate surface area is 80.7 Å². The lowest BCUT2D eigenvalue weighted by Crippen LogP contribution is -2.24. The molecule has 0 fully saturated rings. The molecule has 2 nitrogen and oxygen atoms in total. The molecule has 13 heavy (non-hydrogen) atoms. The Kier molecular flexibility index (Phi) is 4.89. The van der Waals surface area contributed by atoms with Gasteiger partial charge in [-0.15, -0.1) is 0 Å². The molecule has 0 saturated carbocycles. The van der Waals surface area contributed by atoms with E-state index < -0.39 is 0 Å². The van der Waals surface area contributed by atoms with Crippen LogP contribution in [0, 0.1) is 5.41 Å². The van der Waals surface area contributed by atoms with E-state index in [1.165, 1.54) is 0 Å². The normalized spacial score (nSPS) is 11.4. The molecule has 0 rings (SSSR count). The van der Waals surface area contributed by atoms with Gasteiger partial charge in [-0.2, -0.15) is 0 Å². The highest BCUT2D eigenvalue weighted by atomic mass is 16.1. The monoisotopic (exact) mass is 184 g/mol. The van der Waals surface area contributed by atoms with Crippen LogP contribution in [0.4, 0.5) is 0 Å². The van der Waals surface area contributed by atoms with Crippen LogP contribution in [0.25, 0.3) is 0 Å². The van der Waals surface area contributed by atoms with Crippen LogP contribution in [0.3, 0.4) is 0 Å². The number of carbonyl (C=O) groups excluding carboxylic acids is 2. The molecule has 0 aliphatic rings. The summed E-state index contributed by atoms with van der Waals surface area (Å²) in [7, 11) is 0. The third kappa shape index (κ3) is 4.20. The summed E-state index contributed by atoms with van der Waals surface area (Å²) in [5, 5.41) is 0. The number of hydrogen-bond acceptors (Lipinski definition) is 2. The maximum absolute atomic E-state index is 11.4. The number of hydrogen-bond donors (Lipinski definition) is 0. The molecular weight excluding hydrogens is 164 g/mol. The van der Waals surface area contributed by atoms with E-state index in [0.717, 1.165) is 0 Å². The van der Waals surface area contributed by atoms with Crippen LogP contribution in [0.1, 0.15) is 53.4 Å². The van der Waals surface area contributed by atoms with Gasteiger partial charge in [0.25, 0.3) is 0 Å². The first kappa shape index (κ1) is 12.3. The van der Waals surface area contributed by atoms with Crippen molar-refractivity contribution in [2.45, 2.75) is 53.4 Å². The molecular formula is C11H20O2. The van der Waals surface area contributed by atoms with Gasteiger partial charge in [0.1, 0.15) is 11.6 Å². The fourth-order valence-electron chi connectivity index (χ4n) is 1.25. The van der Waals surface area contributed by atoms with E-state index in [0.29, 0.717) is 25.7 Å². The minimum absolute atomic E-state index is 0.247. The Morgan fingerprint density at radius 3 is 2.00 bits per heavy atom. The van der Waals surface area contributed by atoms with Crippen molar-refractivity contribution < 1.29 is 9.59 Å². The van der Waals surface area contributed by atoms with Gasteiger partial charge >= 0.3 is 0 Å². The van der Waals surface area contributed by atoms with Crippen molar-refractivity contribution in [2.75, 3.05) is 0 Å². The van der Waals surface area contributed by atoms with Gasteiger partial charge < -0.3 is 0 Å². The van der Waals surface area contributed by atoms with Crippen LogP contribution in [0.5, 0.6) is 0 Å². The average molecular weight is 184 g/mol. The van der Waals surface area contributed by atoms with Crippen LogP contribution >= 0.6 is 0 Å². The maximum Gasteiger partial charge on any atom is 0.138 e. The van der Waals surface area contributed by atoms with Crippen molar-refractivity contribution in [1.82, 2.24) is 0 Å². The summed E-state index contributed by atoms with van der Waals surface area (Å²) in [6.45, 7) is 7.56. The third-order valence-electron chi connectivity index (χ3n) is 2.50. The van der Waals surface area contributed by atoms with Crippen molar-refractivity contribution in [3.05, 3.63) is 0 Å². The second-order valence-corrected chi connectivity index (χ2v) is 4.05. The Bertz CT molecular complexity index is 192. The van der Waals surface area contributed by atoms with Gasteiger partial charge in [-0.25, -0.2) is 0 Å². The number of rotatable bonds is 6. The van der Waals surface area contributed by atoms with E-state index in [9.17, 15) is 9.59 Å². The summed E-state index contributed by atoms with van der Waals surface area (Å²) in [6.07, 6.45) is 2.37. The molecule has 2 heteroatoms. The minimum Gasteiger partial charge on any atom is -0.300 e. The highest BCUT2D eigenvalue weighted by Gasteiger charge is 2.25. The summed E-state index contributed by atoms with van der Waals surface area (Å²) in [6, 6.07) is 0. The first-order chi connectivity index (χ1) is 5.94. The summed E-state index contributed by atoms with van der Waals surface area (Å²) >= 11 is 0. The van der Waals surface area contributed by atoms with Crippen LogP contribution < -0.4 is 0 Å². The van der Waals surface area contributed by atoms with Gasteiger partial charge in [-0.1, -0.05) is 27.7 Å². The first-order valence-corrected chi connectivity index (χ1v) is 4.99. The van der Waals surface area contributed by atoms with Crippen LogP contribution in [-0.2, 0) is 9.59 Å².